The van der Waals surface area contributed by atoms with Gasteiger partial charge in [0.2, 0.25) is 5.79 Å². The summed E-state index contributed by atoms with van der Waals surface area (Å²) >= 11 is 0. The minimum atomic E-state index is -0.496. The Morgan fingerprint density at radius 1 is 1.47 bits per heavy atom. The van der Waals surface area contributed by atoms with Crippen molar-refractivity contribution in [3.63, 3.8) is 0 Å². The van der Waals surface area contributed by atoms with Gasteiger partial charge >= 0.3 is 0 Å². The zero-order chi connectivity index (χ0) is 10.6. The van der Waals surface area contributed by atoms with Crippen molar-refractivity contribution in [1.29, 1.82) is 0 Å². The van der Waals surface area contributed by atoms with Crippen LogP contribution in [0.25, 0.3) is 0 Å². The molecule has 0 N–H and O–H groups in total. The minimum Gasteiger partial charge on any atom is -0.458 e. The number of allylic oxidation sites excluding steroid dienone is 2. The Balaban J connectivity index is 2.01. The molecule has 1 fully saturated rings. The second-order valence-electron chi connectivity index (χ2n) is 3.39. The molecule has 1 atom stereocenters. The molecule has 1 spiro atoms. The van der Waals surface area contributed by atoms with Crippen LogP contribution in [-0.4, -0.2) is 12.4 Å². The quantitative estimate of drug-likeness (QED) is 0.557. The van der Waals surface area contributed by atoms with E-state index in [-0.39, 0.29) is 0 Å². The predicted octanol–water partition coefficient (Wildman–Crippen LogP) is 1.99. The van der Waals surface area contributed by atoms with E-state index in [0.29, 0.717) is 0 Å². The van der Waals surface area contributed by atoms with Crippen LogP contribution in [0.4, 0.5) is 0 Å². The fraction of sp³-hybridized carbons (Fsp3) is 0.385. The number of rotatable bonds is 0. The minimum absolute atomic E-state index is 0.496. The third-order valence-electron chi connectivity index (χ3n) is 2.28. The summed E-state index contributed by atoms with van der Waals surface area (Å²) in [4.78, 5) is 0. The van der Waals surface area contributed by atoms with E-state index >= 15 is 0 Å². The van der Waals surface area contributed by atoms with E-state index in [1.165, 1.54) is 0 Å². The molecule has 0 aliphatic carbocycles. The number of ether oxygens (including phenoxy) is 2. The maximum absolute atomic E-state index is 5.67. The molecule has 0 bridgehead atoms. The van der Waals surface area contributed by atoms with E-state index in [0.717, 1.165) is 25.2 Å². The van der Waals surface area contributed by atoms with Crippen LogP contribution >= 0.6 is 0 Å². The first-order valence-electron chi connectivity index (χ1n) is 4.99. The van der Waals surface area contributed by atoms with Crippen molar-refractivity contribution < 1.29 is 9.47 Å². The first-order chi connectivity index (χ1) is 7.35. The van der Waals surface area contributed by atoms with Crippen molar-refractivity contribution in [1.82, 2.24) is 0 Å². The van der Waals surface area contributed by atoms with Gasteiger partial charge in [-0.1, -0.05) is 11.8 Å². The Labute approximate surface area is 90.0 Å². The lowest BCUT2D eigenvalue weighted by molar-refractivity contribution is -0.135. The summed E-state index contributed by atoms with van der Waals surface area (Å²) in [6.07, 6.45) is 7.54. The lowest BCUT2D eigenvalue weighted by Gasteiger charge is -2.20. The van der Waals surface area contributed by atoms with Crippen LogP contribution in [0.1, 0.15) is 19.8 Å². The highest BCUT2D eigenvalue weighted by Crippen LogP contribution is 2.35. The Bertz CT molecular complexity index is 415. The van der Waals surface area contributed by atoms with Crippen molar-refractivity contribution in [2.45, 2.75) is 25.6 Å². The van der Waals surface area contributed by atoms with Gasteiger partial charge in [0.25, 0.3) is 0 Å². The van der Waals surface area contributed by atoms with Gasteiger partial charge in [0.05, 0.1) is 6.61 Å². The van der Waals surface area contributed by atoms with E-state index < -0.39 is 5.79 Å². The molecular formula is C13H12O2. The van der Waals surface area contributed by atoms with Crippen LogP contribution in [0, 0.1) is 23.7 Å². The maximum Gasteiger partial charge on any atom is 0.230 e. The van der Waals surface area contributed by atoms with Crippen molar-refractivity contribution in [2.24, 2.45) is 0 Å². The average molecular weight is 200 g/mol. The molecule has 76 valence electrons. The Kier molecular flexibility index (Phi) is 2.81. The highest BCUT2D eigenvalue weighted by Gasteiger charge is 2.38. The van der Waals surface area contributed by atoms with Crippen molar-refractivity contribution in [2.75, 3.05) is 6.61 Å². The third-order valence-corrected chi connectivity index (χ3v) is 2.28. The Morgan fingerprint density at radius 2 is 2.40 bits per heavy atom. The molecule has 15 heavy (non-hydrogen) atoms. The van der Waals surface area contributed by atoms with Gasteiger partial charge in [-0.25, -0.2) is 0 Å². The largest absolute Gasteiger partial charge is 0.458 e. The molecule has 0 unspecified atom stereocenters. The molecule has 2 heteroatoms. The van der Waals surface area contributed by atoms with Gasteiger partial charge in [0, 0.05) is 12.5 Å². The standard InChI is InChI=1S/C13H12O2/c1-2-3-4-5-7-12-8-10-13(15-12)9-6-11-14-13/h7-8,10H,6,9,11H2,1H3/b12-7-/t13-/m1/s1. The first-order valence-corrected chi connectivity index (χ1v) is 4.99. The van der Waals surface area contributed by atoms with Crippen molar-refractivity contribution in [3.8, 4) is 23.7 Å². The second kappa shape index (κ2) is 4.26. The molecule has 2 heterocycles. The van der Waals surface area contributed by atoms with E-state index in [9.17, 15) is 0 Å². The van der Waals surface area contributed by atoms with E-state index in [2.05, 4.69) is 23.7 Å². The predicted molar refractivity (Wildman–Crippen MR) is 57.5 cm³/mol. The van der Waals surface area contributed by atoms with Crippen LogP contribution in [0.15, 0.2) is 24.0 Å². The Hall–Kier alpha value is -1.64. The topological polar surface area (TPSA) is 18.5 Å². The van der Waals surface area contributed by atoms with Crippen LogP contribution in [0.2, 0.25) is 0 Å². The van der Waals surface area contributed by atoms with Crippen LogP contribution in [0.5, 0.6) is 0 Å². The molecule has 2 aliphatic rings. The van der Waals surface area contributed by atoms with Gasteiger partial charge in [-0.15, -0.1) is 0 Å². The molecule has 2 nitrogen and oxygen atoms in total. The average Bonchev–Trinajstić information content (AvgIpc) is 2.85. The summed E-state index contributed by atoms with van der Waals surface area (Å²) in [6.45, 7) is 2.53. The summed E-state index contributed by atoms with van der Waals surface area (Å²) < 4.78 is 11.2. The molecule has 2 rings (SSSR count). The summed E-state index contributed by atoms with van der Waals surface area (Å²) in [7, 11) is 0. The van der Waals surface area contributed by atoms with E-state index in [1.54, 1.807) is 13.0 Å². The van der Waals surface area contributed by atoms with Crippen LogP contribution < -0.4 is 0 Å². The molecular weight excluding hydrogens is 188 g/mol. The third kappa shape index (κ3) is 2.24. The van der Waals surface area contributed by atoms with Crippen molar-refractivity contribution in [3.05, 3.63) is 24.0 Å². The maximum atomic E-state index is 5.67. The molecule has 0 aromatic rings. The van der Waals surface area contributed by atoms with Gasteiger partial charge < -0.3 is 9.47 Å². The summed E-state index contributed by atoms with van der Waals surface area (Å²) in [5, 5.41) is 0. The summed E-state index contributed by atoms with van der Waals surface area (Å²) in [6, 6.07) is 0. The smallest absolute Gasteiger partial charge is 0.230 e. The molecule has 0 radical (unpaired) electrons. The molecule has 1 saturated heterocycles. The SMILES string of the molecule is CC#CC#C/C=C1/C=C[C@@]2(CCCO2)O1. The second-order valence-corrected chi connectivity index (χ2v) is 3.39. The van der Waals surface area contributed by atoms with Crippen LogP contribution in [0.3, 0.4) is 0 Å². The fourth-order valence-electron chi connectivity index (χ4n) is 1.61. The number of hydrogen-bond donors (Lipinski definition) is 0. The number of hydrogen-bond acceptors (Lipinski definition) is 2. The van der Waals surface area contributed by atoms with Gasteiger partial charge in [0.15, 0.2) is 0 Å². The highest BCUT2D eigenvalue weighted by atomic mass is 16.7. The van der Waals surface area contributed by atoms with Gasteiger partial charge in [-0.3, -0.25) is 0 Å². The van der Waals surface area contributed by atoms with Gasteiger partial charge in [-0.05, 0) is 37.3 Å². The molecule has 0 aromatic carbocycles. The zero-order valence-electron chi connectivity index (χ0n) is 8.67. The Morgan fingerprint density at radius 3 is 3.13 bits per heavy atom. The first kappa shape index (κ1) is 9.90. The van der Waals surface area contributed by atoms with E-state index in [1.807, 2.05) is 12.2 Å². The normalized spacial score (nSPS) is 29.5. The molecule has 2 aliphatic heterocycles. The summed E-state index contributed by atoms with van der Waals surface area (Å²) in [5.41, 5.74) is 0. The molecule has 0 aromatic heterocycles. The van der Waals surface area contributed by atoms with Crippen molar-refractivity contribution >= 4 is 0 Å². The lowest BCUT2D eigenvalue weighted by atomic mass is 10.2. The highest BCUT2D eigenvalue weighted by molar-refractivity contribution is 5.35. The lowest BCUT2D eigenvalue weighted by Crippen LogP contribution is -2.24. The molecule has 0 saturated carbocycles. The molecule has 0 amide bonds. The van der Waals surface area contributed by atoms with E-state index in [4.69, 9.17) is 9.47 Å². The monoisotopic (exact) mass is 200 g/mol. The van der Waals surface area contributed by atoms with Gasteiger partial charge in [-0.2, -0.15) is 0 Å². The van der Waals surface area contributed by atoms with Crippen LogP contribution in [-0.2, 0) is 9.47 Å². The zero-order valence-corrected chi connectivity index (χ0v) is 8.67. The summed E-state index contributed by atoms with van der Waals surface area (Å²) in [5.74, 6) is 11.1. The van der Waals surface area contributed by atoms with Gasteiger partial charge in [0.1, 0.15) is 5.76 Å². The fourth-order valence-corrected chi connectivity index (χ4v) is 1.61.